The van der Waals surface area contributed by atoms with Crippen molar-refractivity contribution in [1.82, 2.24) is 10.6 Å². The Kier molecular flexibility index (Phi) is 13.2. The number of hydrogen-bond donors (Lipinski definition) is 4. The minimum atomic E-state index is -1.000. The van der Waals surface area contributed by atoms with E-state index in [-0.39, 0.29) is 34.9 Å². The molecular weight excluding hydrogens is 590 g/mol. The summed E-state index contributed by atoms with van der Waals surface area (Å²) in [6.07, 6.45) is 3.80. The number of aliphatic hydroxyl groups excluding tert-OH is 1. The van der Waals surface area contributed by atoms with Gasteiger partial charge in [0.15, 0.2) is 6.10 Å². The van der Waals surface area contributed by atoms with E-state index in [0.29, 0.717) is 18.5 Å². The van der Waals surface area contributed by atoms with Crippen LogP contribution in [0.2, 0.25) is 0 Å². The summed E-state index contributed by atoms with van der Waals surface area (Å²) in [4.78, 5) is 52.1. The van der Waals surface area contributed by atoms with Crippen LogP contribution in [0.15, 0.2) is 88.8 Å². The van der Waals surface area contributed by atoms with E-state index in [9.17, 15) is 24.3 Å². The minimum Gasteiger partial charge on any atom is -0.439 e. The third-order valence-electron chi connectivity index (χ3n) is 8.11. The Labute approximate surface area is 270 Å². The van der Waals surface area contributed by atoms with Crippen LogP contribution in [0.5, 0.6) is 0 Å². The molecular formula is C35H45N3O8. The van der Waals surface area contributed by atoms with Crippen LogP contribution in [0.3, 0.4) is 0 Å². The van der Waals surface area contributed by atoms with Crippen molar-refractivity contribution in [2.24, 2.45) is 17.6 Å². The molecule has 0 radical (unpaired) electrons. The number of primary amides is 1. The summed E-state index contributed by atoms with van der Waals surface area (Å²) in [5, 5.41) is 17.1. The lowest BCUT2D eigenvalue weighted by atomic mass is 9.85. The second kappa shape index (κ2) is 16.8. The molecule has 0 fully saturated rings. The number of fused-ring (bicyclic) bond motifs is 2. The third kappa shape index (κ3) is 9.59. The highest BCUT2D eigenvalue weighted by molar-refractivity contribution is 6.23. The number of ketones is 2. The summed E-state index contributed by atoms with van der Waals surface area (Å²) in [5.41, 5.74) is 7.42. The molecule has 0 saturated heterocycles. The number of aliphatic hydroxyl groups is 1. The van der Waals surface area contributed by atoms with E-state index >= 15 is 0 Å². The van der Waals surface area contributed by atoms with Crippen LogP contribution < -0.4 is 16.4 Å². The summed E-state index contributed by atoms with van der Waals surface area (Å²) in [6, 6.07) is 9.48. The lowest BCUT2D eigenvalue weighted by Gasteiger charge is -2.30. The Morgan fingerprint density at radius 2 is 1.78 bits per heavy atom. The number of amides is 2. The number of hydrogen-bond acceptors (Lipinski definition) is 9. The number of benzene rings is 1. The van der Waals surface area contributed by atoms with Gasteiger partial charge in [-0.25, -0.2) is 4.79 Å². The van der Waals surface area contributed by atoms with Crippen LogP contribution in [0, 0.1) is 11.8 Å². The first kappa shape index (κ1) is 36.2. The summed E-state index contributed by atoms with van der Waals surface area (Å²) in [7, 11) is 2.93. The number of ether oxygens (including phenoxy) is 3. The van der Waals surface area contributed by atoms with E-state index in [1.54, 1.807) is 32.1 Å². The van der Waals surface area contributed by atoms with Gasteiger partial charge in [-0.15, -0.1) is 0 Å². The standard InChI is InChI=1S/C35H45N3O8/c1-20-15-25-30(37-19-24-12-8-7-9-13-24)27(39)18-26(32(25)41)38-34(42)21(2)11-10-14-28(44-5)33(46-35(36)43)23(4)17-22(3)31(40)29(16-20)45-6/h7-14,17-18,20,22,28-29,31,33,37,40H,15-16,19H2,1-6H3,(H2,36,43)(H,38,42)/b14-10-,21-11+,23-17+/t20-,22?,28+,29+,31-,33+/m1/s1. The van der Waals surface area contributed by atoms with Crippen molar-refractivity contribution in [2.75, 3.05) is 14.2 Å². The van der Waals surface area contributed by atoms with Crippen molar-refractivity contribution >= 4 is 23.6 Å². The number of carbonyl (C=O) groups is 4. The molecule has 1 aliphatic heterocycles. The van der Waals surface area contributed by atoms with E-state index in [1.807, 2.05) is 44.2 Å². The maximum absolute atomic E-state index is 13.8. The molecule has 1 unspecified atom stereocenters. The molecule has 1 heterocycles. The molecule has 6 atom stereocenters. The molecule has 248 valence electrons. The third-order valence-corrected chi connectivity index (χ3v) is 8.11. The van der Waals surface area contributed by atoms with Gasteiger partial charge in [-0.2, -0.15) is 0 Å². The fourth-order valence-electron chi connectivity index (χ4n) is 5.56. The van der Waals surface area contributed by atoms with Gasteiger partial charge in [0.05, 0.1) is 23.6 Å². The zero-order chi connectivity index (χ0) is 34.0. The molecule has 0 aromatic heterocycles. The molecule has 11 heteroatoms. The number of nitrogens with one attached hydrogen (secondary N) is 2. The number of carbonyl (C=O) groups excluding carboxylic acids is 4. The molecule has 2 bridgehead atoms. The summed E-state index contributed by atoms with van der Waals surface area (Å²) < 4.78 is 16.7. The molecule has 0 spiro atoms. The maximum Gasteiger partial charge on any atom is 0.405 e. The lowest BCUT2D eigenvalue weighted by Crippen LogP contribution is -2.37. The van der Waals surface area contributed by atoms with Crippen LogP contribution in [0.25, 0.3) is 0 Å². The zero-order valence-electron chi connectivity index (χ0n) is 27.2. The van der Waals surface area contributed by atoms with Crippen LogP contribution >= 0.6 is 0 Å². The van der Waals surface area contributed by atoms with Gasteiger partial charge in [-0.3, -0.25) is 14.4 Å². The Balaban J connectivity index is 2.06. The topological polar surface area (TPSA) is 166 Å². The van der Waals surface area contributed by atoms with Crippen LogP contribution in [-0.2, 0) is 35.1 Å². The van der Waals surface area contributed by atoms with E-state index in [0.717, 1.165) is 11.6 Å². The maximum atomic E-state index is 13.8. The largest absolute Gasteiger partial charge is 0.439 e. The van der Waals surface area contributed by atoms with Crippen molar-refractivity contribution in [2.45, 2.75) is 71.5 Å². The summed E-state index contributed by atoms with van der Waals surface area (Å²) in [5.74, 6) is -2.14. The fraction of sp³-hybridized carbons (Fsp3) is 0.429. The minimum absolute atomic E-state index is 0.126. The van der Waals surface area contributed by atoms with Crippen molar-refractivity contribution in [3.05, 3.63) is 94.4 Å². The molecule has 2 aliphatic rings. The van der Waals surface area contributed by atoms with Crippen LogP contribution in [-0.4, -0.2) is 67.3 Å². The van der Waals surface area contributed by atoms with Crippen LogP contribution in [0.4, 0.5) is 4.79 Å². The molecule has 1 aliphatic carbocycles. The van der Waals surface area contributed by atoms with Gasteiger partial charge in [0.25, 0.3) is 5.91 Å². The highest BCUT2D eigenvalue weighted by atomic mass is 16.6. The quantitative estimate of drug-likeness (QED) is 0.270. The summed E-state index contributed by atoms with van der Waals surface area (Å²) in [6.45, 7) is 7.33. The predicted octanol–water partition coefficient (Wildman–Crippen LogP) is 3.55. The Hall–Kier alpha value is -4.32. The predicted molar refractivity (Wildman–Crippen MR) is 173 cm³/mol. The second-order valence-electron chi connectivity index (χ2n) is 11.8. The zero-order valence-corrected chi connectivity index (χ0v) is 27.2. The van der Waals surface area contributed by atoms with Crippen molar-refractivity contribution in [3.63, 3.8) is 0 Å². The molecule has 0 saturated carbocycles. The second-order valence-corrected chi connectivity index (χ2v) is 11.8. The number of allylic oxidation sites excluding steroid dienone is 4. The van der Waals surface area contributed by atoms with Gasteiger partial charge in [0.2, 0.25) is 11.6 Å². The van der Waals surface area contributed by atoms with E-state index in [1.165, 1.54) is 20.3 Å². The molecule has 1 aromatic carbocycles. The first-order valence-corrected chi connectivity index (χ1v) is 15.2. The highest BCUT2D eigenvalue weighted by Crippen LogP contribution is 2.29. The summed E-state index contributed by atoms with van der Waals surface area (Å²) >= 11 is 0. The Bertz CT molecular complexity index is 1440. The highest BCUT2D eigenvalue weighted by Gasteiger charge is 2.33. The molecule has 1 aromatic rings. The molecule has 46 heavy (non-hydrogen) atoms. The van der Waals surface area contributed by atoms with E-state index < -0.39 is 53.9 Å². The van der Waals surface area contributed by atoms with Crippen LogP contribution in [0.1, 0.15) is 46.1 Å². The van der Waals surface area contributed by atoms with Gasteiger partial charge in [-0.05, 0) is 43.7 Å². The molecule has 11 nitrogen and oxygen atoms in total. The molecule has 3 rings (SSSR count). The van der Waals surface area contributed by atoms with Gasteiger partial charge in [0.1, 0.15) is 6.10 Å². The number of rotatable bonds is 6. The van der Waals surface area contributed by atoms with E-state index in [4.69, 9.17) is 19.9 Å². The van der Waals surface area contributed by atoms with Gasteiger partial charge < -0.3 is 35.7 Å². The molecule has 5 N–H and O–H groups in total. The van der Waals surface area contributed by atoms with Gasteiger partial charge >= 0.3 is 6.09 Å². The SMILES string of the molecule is CO[C@H]1/C=C\C=C(/C)C(=O)NC2=CC(=O)C(NCc3ccccc3)=C(C[C@@H](C)C[C@H](OC)[C@H](O)C(C)/C=C(\C)[C@@H]1OC(N)=O)C2=O. The monoisotopic (exact) mass is 635 g/mol. The average Bonchev–Trinajstić information content (AvgIpc) is 3.02. The van der Waals surface area contributed by atoms with Crippen molar-refractivity contribution in [3.8, 4) is 0 Å². The number of nitrogens with two attached hydrogens (primary N) is 1. The van der Waals surface area contributed by atoms with E-state index in [2.05, 4.69) is 10.6 Å². The first-order valence-electron chi connectivity index (χ1n) is 15.2. The Morgan fingerprint density at radius 3 is 2.41 bits per heavy atom. The van der Waals surface area contributed by atoms with Crippen molar-refractivity contribution in [1.29, 1.82) is 0 Å². The average molecular weight is 636 g/mol. The van der Waals surface area contributed by atoms with Crippen molar-refractivity contribution < 1.29 is 38.5 Å². The van der Waals surface area contributed by atoms with Gasteiger partial charge in [-0.1, -0.05) is 68.5 Å². The smallest absolute Gasteiger partial charge is 0.405 e. The fourth-order valence-corrected chi connectivity index (χ4v) is 5.56. The van der Waals surface area contributed by atoms with Gasteiger partial charge in [0, 0.05) is 43.9 Å². The Morgan fingerprint density at radius 1 is 1.09 bits per heavy atom. The number of Topliss-reactive ketones (excluding diaryl/α,β-unsaturated/α-hetero) is 1. The number of methoxy groups -OCH3 is 2. The lowest BCUT2D eigenvalue weighted by molar-refractivity contribution is -0.120. The first-order chi connectivity index (χ1) is 21.9. The normalized spacial score (nSPS) is 29.9. The molecule has 2 amide bonds.